The molecule has 4 aromatic rings. The molecule has 3 aromatic heterocycles. The molecule has 7 nitrogen and oxygen atoms in total. The van der Waals surface area contributed by atoms with Gasteiger partial charge >= 0.3 is 0 Å². The van der Waals surface area contributed by atoms with E-state index < -0.39 is 0 Å². The molecule has 29 heavy (non-hydrogen) atoms. The number of nitrogens with zero attached hydrogens (tertiary/aromatic N) is 5. The molecule has 0 unspecified atom stereocenters. The van der Waals surface area contributed by atoms with Gasteiger partial charge in [0.15, 0.2) is 0 Å². The summed E-state index contributed by atoms with van der Waals surface area (Å²) in [6, 6.07) is 14.3. The molecule has 0 fully saturated rings. The first-order valence-corrected chi connectivity index (χ1v) is 8.80. The van der Waals surface area contributed by atoms with E-state index in [-0.39, 0.29) is 23.0 Å². The Morgan fingerprint density at radius 2 is 1.79 bits per heavy atom. The van der Waals surface area contributed by atoms with Crippen LogP contribution < -0.4 is 11.5 Å². The minimum absolute atomic E-state index is 0.120. The number of anilines is 2. The molecule has 0 saturated carbocycles. The van der Waals surface area contributed by atoms with Gasteiger partial charge in [-0.2, -0.15) is 5.26 Å². The average molecular weight is 387 g/mol. The highest BCUT2D eigenvalue weighted by atomic mass is 19.1. The van der Waals surface area contributed by atoms with Gasteiger partial charge in [-0.05, 0) is 42.3 Å². The predicted molar refractivity (Wildman–Crippen MR) is 110 cm³/mol. The fourth-order valence-corrected chi connectivity index (χ4v) is 2.71. The van der Waals surface area contributed by atoms with Gasteiger partial charge in [0.25, 0.3) is 0 Å². The Labute approximate surface area is 166 Å². The second-order valence-corrected chi connectivity index (χ2v) is 6.03. The SMILES string of the molecule is CCc1cc2ccc(F)cc2nc1-c1ccccn1.N#Cc1c(N)ncnc1N. The minimum Gasteiger partial charge on any atom is -0.382 e. The van der Waals surface area contributed by atoms with Crippen LogP contribution >= 0.6 is 0 Å². The normalized spacial score (nSPS) is 10.1. The summed E-state index contributed by atoms with van der Waals surface area (Å²) in [5, 5.41) is 9.37. The lowest BCUT2D eigenvalue weighted by Crippen LogP contribution is -2.01. The van der Waals surface area contributed by atoms with Crippen LogP contribution in [0.3, 0.4) is 0 Å². The topological polar surface area (TPSA) is 127 Å². The molecule has 0 radical (unpaired) electrons. The molecule has 0 aliphatic heterocycles. The average Bonchev–Trinajstić information content (AvgIpc) is 2.74. The van der Waals surface area contributed by atoms with Crippen LogP contribution in [-0.2, 0) is 6.42 Å². The van der Waals surface area contributed by atoms with Crippen molar-refractivity contribution in [2.24, 2.45) is 0 Å². The number of fused-ring (bicyclic) bond motifs is 1. The van der Waals surface area contributed by atoms with Crippen LogP contribution in [0.1, 0.15) is 18.1 Å². The lowest BCUT2D eigenvalue weighted by molar-refractivity contribution is 0.629. The molecule has 8 heteroatoms. The second kappa shape index (κ2) is 8.71. The number of aryl methyl sites for hydroxylation is 1. The van der Waals surface area contributed by atoms with Gasteiger partial charge in [-0.3, -0.25) is 4.98 Å². The number of pyridine rings is 2. The molecule has 4 rings (SSSR count). The van der Waals surface area contributed by atoms with Crippen molar-refractivity contribution in [1.82, 2.24) is 19.9 Å². The van der Waals surface area contributed by atoms with Crippen LogP contribution in [0.4, 0.5) is 16.0 Å². The van der Waals surface area contributed by atoms with Gasteiger partial charge in [-0.25, -0.2) is 19.3 Å². The zero-order valence-electron chi connectivity index (χ0n) is 15.7. The lowest BCUT2D eigenvalue weighted by Gasteiger charge is -2.08. The third-order valence-corrected chi connectivity index (χ3v) is 4.16. The maximum absolute atomic E-state index is 13.3. The summed E-state index contributed by atoms with van der Waals surface area (Å²) in [5.74, 6) is -0.0266. The van der Waals surface area contributed by atoms with Crippen molar-refractivity contribution >= 4 is 22.5 Å². The van der Waals surface area contributed by atoms with Crippen molar-refractivity contribution in [3.63, 3.8) is 0 Å². The largest absolute Gasteiger partial charge is 0.382 e. The predicted octanol–water partition coefficient (Wildman–Crippen LogP) is 3.51. The molecule has 1 aromatic carbocycles. The molecule has 0 aliphatic carbocycles. The fourth-order valence-electron chi connectivity index (χ4n) is 2.71. The minimum atomic E-state index is -0.267. The third-order valence-electron chi connectivity index (χ3n) is 4.16. The number of aromatic nitrogens is 4. The monoisotopic (exact) mass is 387 g/mol. The lowest BCUT2D eigenvalue weighted by atomic mass is 10.0. The summed E-state index contributed by atoms with van der Waals surface area (Å²) in [4.78, 5) is 16.1. The fraction of sp³-hybridized carbons (Fsp3) is 0.0952. The number of rotatable bonds is 2. The van der Waals surface area contributed by atoms with Crippen LogP contribution in [-0.4, -0.2) is 19.9 Å². The van der Waals surface area contributed by atoms with E-state index in [9.17, 15) is 4.39 Å². The highest BCUT2D eigenvalue weighted by molar-refractivity contribution is 5.82. The summed E-state index contributed by atoms with van der Waals surface area (Å²) in [6.45, 7) is 2.08. The summed E-state index contributed by atoms with van der Waals surface area (Å²) >= 11 is 0. The Balaban J connectivity index is 0.000000204. The van der Waals surface area contributed by atoms with Crippen molar-refractivity contribution in [2.75, 3.05) is 11.5 Å². The molecule has 0 amide bonds. The Bertz CT molecular complexity index is 1170. The number of nitrogens with two attached hydrogens (primary N) is 2. The molecule has 0 spiro atoms. The van der Waals surface area contributed by atoms with Gasteiger partial charge < -0.3 is 11.5 Å². The number of hydrogen-bond acceptors (Lipinski definition) is 7. The van der Waals surface area contributed by atoms with Crippen molar-refractivity contribution < 1.29 is 4.39 Å². The molecule has 0 atom stereocenters. The van der Waals surface area contributed by atoms with Crippen LogP contribution in [0.5, 0.6) is 0 Å². The number of hydrogen-bond donors (Lipinski definition) is 2. The van der Waals surface area contributed by atoms with Crippen molar-refractivity contribution in [2.45, 2.75) is 13.3 Å². The molecular formula is C21H18FN7. The smallest absolute Gasteiger partial charge is 0.146 e. The number of nitriles is 1. The van der Waals surface area contributed by atoms with Gasteiger partial charge in [-0.15, -0.1) is 0 Å². The van der Waals surface area contributed by atoms with E-state index in [1.165, 1.54) is 18.5 Å². The maximum Gasteiger partial charge on any atom is 0.146 e. The highest BCUT2D eigenvalue weighted by Gasteiger charge is 2.09. The van der Waals surface area contributed by atoms with Crippen LogP contribution in [0.15, 0.2) is 55.0 Å². The summed E-state index contributed by atoms with van der Waals surface area (Å²) in [7, 11) is 0. The standard InChI is InChI=1S/C16H13FN2.C5H5N5/c1-2-11-9-12-6-7-13(17)10-15(12)19-16(11)14-5-3-4-8-18-14;6-1-3-4(7)9-2-10-5(3)8/h3-10H,2H2,1H3;2H,(H4,7,8,9,10). The zero-order chi connectivity index (χ0) is 20.8. The van der Waals surface area contributed by atoms with Gasteiger partial charge in [-0.1, -0.05) is 13.0 Å². The Hall–Kier alpha value is -4.12. The van der Waals surface area contributed by atoms with E-state index in [2.05, 4.69) is 32.9 Å². The van der Waals surface area contributed by atoms with E-state index in [0.29, 0.717) is 5.52 Å². The number of nitrogen functional groups attached to an aromatic ring is 2. The molecule has 0 aliphatic rings. The first-order valence-electron chi connectivity index (χ1n) is 8.80. The Morgan fingerprint density at radius 1 is 1.03 bits per heavy atom. The molecule has 144 valence electrons. The Kier molecular flexibility index (Phi) is 5.90. The van der Waals surface area contributed by atoms with Crippen molar-refractivity contribution in [3.8, 4) is 17.5 Å². The summed E-state index contributed by atoms with van der Waals surface area (Å²) < 4.78 is 13.3. The van der Waals surface area contributed by atoms with Gasteiger partial charge in [0.2, 0.25) is 0 Å². The second-order valence-electron chi connectivity index (χ2n) is 6.03. The first kappa shape index (κ1) is 19.6. The molecule has 0 bridgehead atoms. The summed E-state index contributed by atoms with van der Waals surface area (Å²) in [6.07, 6.45) is 3.82. The van der Waals surface area contributed by atoms with E-state index in [1.54, 1.807) is 18.3 Å². The van der Waals surface area contributed by atoms with E-state index >= 15 is 0 Å². The Morgan fingerprint density at radius 3 is 2.38 bits per heavy atom. The van der Waals surface area contributed by atoms with Crippen molar-refractivity contribution in [3.05, 3.63) is 71.9 Å². The molecule has 3 heterocycles. The summed E-state index contributed by atoms with van der Waals surface area (Å²) in [5.41, 5.74) is 14.1. The number of benzene rings is 1. The van der Waals surface area contributed by atoms with E-state index in [4.69, 9.17) is 16.7 Å². The highest BCUT2D eigenvalue weighted by Crippen LogP contribution is 2.25. The zero-order valence-corrected chi connectivity index (χ0v) is 15.7. The maximum atomic E-state index is 13.3. The first-order chi connectivity index (χ1) is 14.0. The molecule has 4 N–H and O–H groups in total. The third kappa shape index (κ3) is 4.42. The van der Waals surface area contributed by atoms with E-state index in [0.717, 1.165) is 28.8 Å². The van der Waals surface area contributed by atoms with Crippen molar-refractivity contribution in [1.29, 1.82) is 5.26 Å². The van der Waals surface area contributed by atoms with Crippen LogP contribution in [0, 0.1) is 17.1 Å². The van der Waals surface area contributed by atoms with Gasteiger partial charge in [0.05, 0.1) is 16.9 Å². The van der Waals surface area contributed by atoms with Crippen LogP contribution in [0.2, 0.25) is 0 Å². The van der Waals surface area contributed by atoms with Gasteiger partial charge in [0.1, 0.15) is 35.4 Å². The molecular weight excluding hydrogens is 369 g/mol. The van der Waals surface area contributed by atoms with Crippen LogP contribution in [0.25, 0.3) is 22.3 Å². The quantitative estimate of drug-likeness (QED) is 0.538. The van der Waals surface area contributed by atoms with E-state index in [1.807, 2.05) is 18.2 Å². The molecule has 0 saturated heterocycles. The number of halogens is 1. The van der Waals surface area contributed by atoms with Gasteiger partial charge in [0, 0.05) is 17.6 Å².